The topological polar surface area (TPSA) is 152 Å². The van der Waals surface area contributed by atoms with E-state index in [1.165, 1.54) is 43.9 Å². The second-order valence-electron chi connectivity index (χ2n) is 9.05. The zero-order chi connectivity index (χ0) is 30.1. The van der Waals surface area contributed by atoms with E-state index < -0.39 is 28.5 Å². The van der Waals surface area contributed by atoms with Crippen molar-refractivity contribution >= 4 is 35.0 Å². The average Bonchev–Trinajstić information content (AvgIpc) is 3.56. The van der Waals surface area contributed by atoms with E-state index in [2.05, 4.69) is 4.99 Å². The maximum atomic E-state index is 13.8. The largest absolute Gasteiger partial charge is 0.493 e. The highest BCUT2D eigenvalue weighted by Gasteiger charge is 2.34. The smallest absolute Gasteiger partial charge is 0.338 e. The third kappa shape index (κ3) is 5.12. The minimum Gasteiger partial charge on any atom is -0.493 e. The van der Waals surface area contributed by atoms with Crippen LogP contribution >= 0.6 is 11.3 Å². The summed E-state index contributed by atoms with van der Waals surface area (Å²) in [5, 5.41) is 11.5. The number of hydrogen-bond donors (Lipinski definition) is 0. The van der Waals surface area contributed by atoms with Gasteiger partial charge in [0.05, 0.1) is 46.6 Å². The Bertz CT molecular complexity index is 1970. The minimum absolute atomic E-state index is 0.112. The lowest BCUT2D eigenvalue weighted by molar-refractivity contribution is -0.384. The Morgan fingerprint density at radius 2 is 1.88 bits per heavy atom. The molecule has 2 aromatic heterocycles. The third-order valence-corrected chi connectivity index (χ3v) is 7.43. The minimum atomic E-state index is -0.935. The van der Waals surface area contributed by atoms with E-state index in [-0.39, 0.29) is 33.1 Å². The fourth-order valence-electron chi connectivity index (χ4n) is 4.65. The summed E-state index contributed by atoms with van der Waals surface area (Å²) in [6.07, 6.45) is 1.51. The molecule has 0 N–H and O–H groups in total. The van der Waals surface area contributed by atoms with Crippen molar-refractivity contribution in [2.45, 2.75) is 19.9 Å². The molecule has 12 nitrogen and oxygen atoms in total. The predicted molar refractivity (Wildman–Crippen MR) is 151 cm³/mol. The van der Waals surface area contributed by atoms with Gasteiger partial charge in [-0.2, -0.15) is 0 Å². The van der Waals surface area contributed by atoms with Crippen LogP contribution in [0.2, 0.25) is 0 Å². The molecule has 0 fully saturated rings. The number of fused-ring (bicyclic) bond motifs is 1. The number of hydrogen-bond acceptors (Lipinski definition) is 11. The van der Waals surface area contributed by atoms with Gasteiger partial charge >= 0.3 is 11.9 Å². The number of nitrogens with zero attached hydrogens (tertiary/aromatic N) is 3. The van der Waals surface area contributed by atoms with E-state index in [4.69, 9.17) is 18.6 Å². The van der Waals surface area contributed by atoms with Crippen LogP contribution in [-0.2, 0) is 14.3 Å². The zero-order valence-electron chi connectivity index (χ0n) is 22.8. The van der Waals surface area contributed by atoms with Crippen molar-refractivity contribution in [2.24, 2.45) is 4.99 Å². The van der Waals surface area contributed by atoms with Crippen LogP contribution in [0.4, 0.5) is 5.69 Å². The summed E-state index contributed by atoms with van der Waals surface area (Å²) < 4.78 is 23.1. The van der Waals surface area contributed by atoms with E-state index in [1.807, 2.05) is 0 Å². The first kappa shape index (κ1) is 28.2. The second kappa shape index (κ2) is 11.3. The second-order valence-corrected chi connectivity index (χ2v) is 10.1. The number of allylic oxidation sites excluding steroid dienone is 1. The number of benzene rings is 2. The third-order valence-electron chi connectivity index (χ3n) is 6.45. The normalized spacial score (nSPS) is 14.7. The van der Waals surface area contributed by atoms with Crippen molar-refractivity contribution in [3.8, 4) is 22.8 Å². The molecule has 0 bridgehead atoms. The number of rotatable bonds is 7. The Kier molecular flexibility index (Phi) is 7.59. The Balaban J connectivity index is 1.65. The molecule has 214 valence electrons. The maximum absolute atomic E-state index is 13.8. The summed E-state index contributed by atoms with van der Waals surface area (Å²) in [4.78, 5) is 54.1. The summed E-state index contributed by atoms with van der Waals surface area (Å²) >= 11 is 1.09. The quantitative estimate of drug-likeness (QED) is 0.136. The van der Waals surface area contributed by atoms with E-state index in [0.29, 0.717) is 27.4 Å². The molecule has 2 aromatic carbocycles. The van der Waals surface area contributed by atoms with E-state index in [1.54, 1.807) is 49.4 Å². The monoisotopic (exact) mass is 589 g/mol. The van der Waals surface area contributed by atoms with Gasteiger partial charge in [0.15, 0.2) is 16.3 Å². The lowest BCUT2D eigenvalue weighted by Crippen LogP contribution is -2.39. The molecule has 5 rings (SSSR count). The first-order valence-corrected chi connectivity index (χ1v) is 13.3. The van der Waals surface area contributed by atoms with Crippen molar-refractivity contribution in [1.82, 2.24) is 4.57 Å². The highest BCUT2D eigenvalue weighted by molar-refractivity contribution is 7.07. The van der Waals surface area contributed by atoms with Gasteiger partial charge in [-0.3, -0.25) is 24.3 Å². The standard InChI is InChI=1S/C29H23N3O9S/c1-15-25(28(35)39-4)26(17-9-11-22(40-16(2)33)23(13-17)38-3)31-27(34)24(42-29(31)30-15)14-18-10-12-21(41-18)19-7-5-6-8-20(19)32(36)37/h5-14,26H,1-4H3/b24-14+/t26-/m0/s1. The van der Waals surface area contributed by atoms with Gasteiger partial charge in [0.2, 0.25) is 0 Å². The molecule has 1 aliphatic heterocycles. The molecule has 1 aliphatic rings. The molecule has 13 heteroatoms. The van der Waals surface area contributed by atoms with E-state index in [0.717, 1.165) is 11.3 Å². The number of carbonyl (C=O) groups is 2. The van der Waals surface area contributed by atoms with Gasteiger partial charge in [-0.05, 0) is 42.8 Å². The number of aromatic nitrogens is 1. The van der Waals surface area contributed by atoms with Gasteiger partial charge in [-0.25, -0.2) is 9.79 Å². The number of furan rings is 1. The predicted octanol–water partition coefficient (Wildman–Crippen LogP) is 3.51. The number of methoxy groups -OCH3 is 2. The van der Waals surface area contributed by atoms with Crippen molar-refractivity contribution in [2.75, 3.05) is 14.2 Å². The van der Waals surface area contributed by atoms with Crippen LogP contribution in [0.25, 0.3) is 17.4 Å². The van der Waals surface area contributed by atoms with Gasteiger partial charge in [-0.15, -0.1) is 0 Å². The summed E-state index contributed by atoms with van der Waals surface area (Å²) in [5.74, 6) is -0.249. The molecule has 0 saturated heterocycles. The summed E-state index contributed by atoms with van der Waals surface area (Å²) in [5.41, 5.74) is 0.729. The maximum Gasteiger partial charge on any atom is 0.338 e. The lowest BCUT2D eigenvalue weighted by atomic mass is 9.95. The van der Waals surface area contributed by atoms with Gasteiger partial charge in [0, 0.05) is 19.1 Å². The number of carbonyl (C=O) groups excluding carboxylic acids is 2. The lowest BCUT2D eigenvalue weighted by Gasteiger charge is -2.25. The fraction of sp³-hybridized carbons (Fsp3) is 0.172. The van der Waals surface area contributed by atoms with Gasteiger partial charge in [0.1, 0.15) is 11.5 Å². The molecule has 0 amide bonds. The summed E-state index contributed by atoms with van der Waals surface area (Å²) in [6, 6.07) is 13.2. The van der Waals surface area contributed by atoms with Crippen molar-refractivity contribution in [3.63, 3.8) is 0 Å². The number of thiazole rings is 1. The summed E-state index contributed by atoms with van der Waals surface area (Å²) in [7, 11) is 2.64. The van der Waals surface area contributed by atoms with Crippen LogP contribution in [0, 0.1) is 10.1 Å². The van der Waals surface area contributed by atoms with Crippen LogP contribution in [0.1, 0.15) is 31.2 Å². The van der Waals surface area contributed by atoms with Gasteiger partial charge in [0.25, 0.3) is 11.2 Å². The Hall–Kier alpha value is -5.30. The van der Waals surface area contributed by atoms with Crippen LogP contribution in [0.15, 0.2) is 80.1 Å². The zero-order valence-corrected chi connectivity index (χ0v) is 23.6. The number of ether oxygens (including phenoxy) is 3. The van der Waals surface area contributed by atoms with Gasteiger partial charge < -0.3 is 18.6 Å². The highest BCUT2D eigenvalue weighted by atomic mass is 32.1. The van der Waals surface area contributed by atoms with Crippen molar-refractivity contribution < 1.29 is 33.1 Å². The SMILES string of the molecule is COC(=O)C1=C(C)N=c2s/c(=C/c3ccc(-c4ccccc4[N+](=O)[O-])o3)c(=O)n2[C@H]1c1ccc(OC(C)=O)c(OC)c1. The Morgan fingerprint density at radius 3 is 2.57 bits per heavy atom. The Labute approximate surface area is 241 Å². The van der Waals surface area contributed by atoms with Crippen LogP contribution in [0.5, 0.6) is 11.5 Å². The average molecular weight is 590 g/mol. The molecule has 4 aromatic rings. The van der Waals surface area contributed by atoms with Gasteiger partial charge in [-0.1, -0.05) is 29.5 Å². The van der Waals surface area contributed by atoms with Crippen LogP contribution in [0.3, 0.4) is 0 Å². The molecular formula is C29H23N3O9S. The van der Waals surface area contributed by atoms with E-state index >= 15 is 0 Å². The molecule has 0 radical (unpaired) electrons. The van der Waals surface area contributed by atoms with Crippen molar-refractivity contribution in [3.05, 3.63) is 107 Å². The number of nitro groups is 1. The molecule has 42 heavy (non-hydrogen) atoms. The fourth-order valence-corrected chi connectivity index (χ4v) is 5.67. The van der Waals surface area contributed by atoms with Crippen LogP contribution in [-0.4, -0.2) is 35.6 Å². The first-order valence-electron chi connectivity index (χ1n) is 12.4. The Morgan fingerprint density at radius 1 is 1.12 bits per heavy atom. The summed E-state index contributed by atoms with van der Waals surface area (Å²) in [6.45, 7) is 2.90. The number of esters is 2. The number of para-hydroxylation sites is 1. The van der Waals surface area contributed by atoms with Crippen LogP contribution < -0.4 is 24.4 Å². The highest BCUT2D eigenvalue weighted by Crippen LogP contribution is 2.36. The first-order chi connectivity index (χ1) is 20.1. The molecular weight excluding hydrogens is 566 g/mol. The number of nitro benzene ring substituents is 1. The molecule has 0 aliphatic carbocycles. The van der Waals surface area contributed by atoms with E-state index in [9.17, 15) is 24.5 Å². The molecule has 3 heterocycles. The molecule has 0 saturated carbocycles. The molecule has 1 atom stereocenters. The molecule has 0 unspecified atom stereocenters. The van der Waals surface area contributed by atoms with Crippen molar-refractivity contribution in [1.29, 1.82) is 0 Å². The molecule has 0 spiro atoms.